The molecule has 1 saturated heterocycles. The van der Waals surface area contributed by atoms with E-state index in [1.165, 1.54) is 19.4 Å². The lowest BCUT2D eigenvalue weighted by Gasteiger charge is -2.21. The molecule has 0 saturated carbocycles. The highest BCUT2D eigenvalue weighted by atomic mass is 35.5. The van der Waals surface area contributed by atoms with Gasteiger partial charge in [-0.25, -0.2) is 4.98 Å². The van der Waals surface area contributed by atoms with E-state index in [0.717, 1.165) is 22.9 Å². The molecule has 17 heavy (non-hydrogen) atoms. The molecular formula is C13H16ClN3. The first-order valence-corrected chi connectivity index (χ1v) is 6.54. The average molecular weight is 250 g/mol. The molecule has 3 rings (SSSR count). The Morgan fingerprint density at radius 3 is 3.18 bits per heavy atom. The fourth-order valence-corrected chi connectivity index (χ4v) is 2.89. The fourth-order valence-electron chi connectivity index (χ4n) is 2.73. The minimum Gasteiger partial charge on any atom is -0.301 e. The third-order valence-electron chi connectivity index (χ3n) is 3.59. The number of likely N-dealkylation sites (tertiary alicyclic amines) is 1. The smallest absolute Gasteiger partial charge is 0.130 e. The van der Waals surface area contributed by atoms with E-state index < -0.39 is 0 Å². The predicted octanol–water partition coefficient (Wildman–Crippen LogP) is 3.14. The van der Waals surface area contributed by atoms with Gasteiger partial charge < -0.3 is 4.40 Å². The van der Waals surface area contributed by atoms with Gasteiger partial charge in [0, 0.05) is 6.20 Å². The van der Waals surface area contributed by atoms with Crippen molar-refractivity contribution >= 4 is 17.1 Å². The molecule has 3 nitrogen and oxygen atoms in total. The van der Waals surface area contributed by atoms with Crippen molar-refractivity contribution in [1.82, 2.24) is 14.3 Å². The summed E-state index contributed by atoms with van der Waals surface area (Å²) in [5, 5.41) is 0.762. The maximum Gasteiger partial charge on any atom is 0.130 e. The zero-order valence-corrected chi connectivity index (χ0v) is 10.7. The van der Waals surface area contributed by atoms with E-state index in [2.05, 4.69) is 21.2 Å². The lowest BCUT2D eigenvalue weighted by atomic mass is 10.2. The zero-order chi connectivity index (χ0) is 11.8. The van der Waals surface area contributed by atoms with E-state index in [1.807, 2.05) is 24.5 Å². The maximum atomic E-state index is 6.06. The zero-order valence-electron chi connectivity index (χ0n) is 9.93. The number of rotatable bonds is 2. The minimum atomic E-state index is 0.445. The Kier molecular flexibility index (Phi) is 2.81. The fraction of sp³-hybridized carbons (Fsp3) is 0.462. The standard InChI is InChI=1S/C13H16ClN3/c1-2-16-7-3-4-12(16)13-15-8-11-6-5-10(14)9-17(11)13/h5-6,8-9,12H,2-4,7H2,1H3. The molecule has 0 N–H and O–H groups in total. The molecule has 4 heteroatoms. The van der Waals surface area contributed by atoms with Crippen molar-refractivity contribution in [2.24, 2.45) is 0 Å². The molecule has 0 bridgehead atoms. The van der Waals surface area contributed by atoms with Crippen molar-refractivity contribution in [1.29, 1.82) is 0 Å². The second-order valence-electron chi connectivity index (χ2n) is 4.55. The summed E-state index contributed by atoms with van der Waals surface area (Å²) in [4.78, 5) is 7.06. The van der Waals surface area contributed by atoms with Crippen LogP contribution in [0.15, 0.2) is 24.5 Å². The highest BCUT2D eigenvalue weighted by molar-refractivity contribution is 6.30. The summed E-state index contributed by atoms with van der Waals surface area (Å²) < 4.78 is 2.13. The van der Waals surface area contributed by atoms with Gasteiger partial charge in [0.2, 0.25) is 0 Å². The van der Waals surface area contributed by atoms with Gasteiger partial charge in [-0.05, 0) is 38.1 Å². The summed E-state index contributed by atoms with van der Waals surface area (Å²) in [6.07, 6.45) is 6.34. The first-order chi connectivity index (χ1) is 8.29. The molecular weight excluding hydrogens is 234 g/mol. The van der Waals surface area contributed by atoms with Crippen LogP contribution in [0.3, 0.4) is 0 Å². The molecule has 0 amide bonds. The number of halogens is 1. The van der Waals surface area contributed by atoms with Crippen LogP contribution < -0.4 is 0 Å². The van der Waals surface area contributed by atoms with Crippen LogP contribution in [0.4, 0.5) is 0 Å². The van der Waals surface area contributed by atoms with Crippen LogP contribution in [0.25, 0.3) is 5.52 Å². The third-order valence-corrected chi connectivity index (χ3v) is 3.81. The van der Waals surface area contributed by atoms with Gasteiger partial charge in [-0.3, -0.25) is 4.90 Å². The van der Waals surface area contributed by atoms with Crippen molar-refractivity contribution in [3.05, 3.63) is 35.4 Å². The highest BCUT2D eigenvalue weighted by Crippen LogP contribution is 2.31. The summed E-state index contributed by atoms with van der Waals surface area (Å²) in [5.41, 5.74) is 1.12. The molecule has 90 valence electrons. The van der Waals surface area contributed by atoms with E-state index >= 15 is 0 Å². The Labute approximate surface area is 106 Å². The van der Waals surface area contributed by atoms with Crippen LogP contribution in [-0.2, 0) is 0 Å². The van der Waals surface area contributed by atoms with Gasteiger partial charge in [-0.1, -0.05) is 18.5 Å². The molecule has 1 unspecified atom stereocenters. The van der Waals surface area contributed by atoms with Gasteiger partial charge >= 0.3 is 0 Å². The molecule has 3 heterocycles. The Morgan fingerprint density at radius 1 is 1.47 bits per heavy atom. The van der Waals surface area contributed by atoms with Crippen molar-refractivity contribution in [2.75, 3.05) is 13.1 Å². The summed E-state index contributed by atoms with van der Waals surface area (Å²) in [7, 11) is 0. The van der Waals surface area contributed by atoms with E-state index in [9.17, 15) is 0 Å². The number of fused-ring (bicyclic) bond motifs is 1. The second-order valence-corrected chi connectivity index (χ2v) is 4.98. The lowest BCUT2D eigenvalue weighted by Crippen LogP contribution is -2.24. The molecule has 1 fully saturated rings. The number of hydrogen-bond acceptors (Lipinski definition) is 2. The largest absolute Gasteiger partial charge is 0.301 e. The Bertz CT molecular complexity index is 534. The first kappa shape index (κ1) is 11.1. The Hall–Kier alpha value is -1.06. The average Bonchev–Trinajstić information content (AvgIpc) is 2.93. The molecule has 1 aliphatic heterocycles. The van der Waals surface area contributed by atoms with Crippen molar-refractivity contribution < 1.29 is 0 Å². The Morgan fingerprint density at radius 2 is 2.35 bits per heavy atom. The van der Waals surface area contributed by atoms with E-state index in [-0.39, 0.29) is 0 Å². The summed E-state index contributed by atoms with van der Waals surface area (Å²) in [5.74, 6) is 1.13. The van der Waals surface area contributed by atoms with E-state index in [1.54, 1.807) is 0 Å². The minimum absolute atomic E-state index is 0.445. The number of hydrogen-bond donors (Lipinski definition) is 0. The summed E-state index contributed by atoms with van der Waals surface area (Å²) >= 11 is 6.06. The van der Waals surface area contributed by atoms with Gasteiger partial charge in [0.1, 0.15) is 5.82 Å². The Balaban J connectivity index is 2.07. The van der Waals surface area contributed by atoms with Gasteiger partial charge in [0.25, 0.3) is 0 Å². The quantitative estimate of drug-likeness (QED) is 0.815. The topological polar surface area (TPSA) is 20.5 Å². The third kappa shape index (κ3) is 1.83. The molecule has 2 aromatic rings. The van der Waals surface area contributed by atoms with E-state index in [4.69, 9.17) is 11.6 Å². The summed E-state index contributed by atoms with van der Waals surface area (Å²) in [6, 6.07) is 4.37. The van der Waals surface area contributed by atoms with Crippen LogP contribution in [0.2, 0.25) is 5.02 Å². The van der Waals surface area contributed by atoms with E-state index in [0.29, 0.717) is 6.04 Å². The number of imidazole rings is 1. The van der Waals surface area contributed by atoms with Gasteiger partial charge in [-0.15, -0.1) is 0 Å². The van der Waals surface area contributed by atoms with Crippen molar-refractivity contribution in [3.8, 4) is 0 Å². The van der Waals surface area contributed by atoms with Crippen LogP contribution >= 0.6 is 11.6 Å². The van der Waals surface area contributed by atoms with Gasteiger partial charge in [0.15, 0.2) is 0 Å². The van der Waals surface area contributed by atoms with Crippen LogP contribution in [0, 0.1) is 0 Å². The molecule has 0 spiro atoms. The predicted molar refractivity (Wildman–Crippen MR) is 69.4 cm³/mol. The lowest BCUT2D eigenvalue weighted by molar-refractivity contribution is 0.261. The van der Waals surface area contributed by atoms with Crippen LogP contribution in [0.5, 0.6) is 0 Å². The molecule has 2 aromatic heterocycles. The number of pyridine rings is 1. The number of aromatic nitrogens is 2. The second kappa shape index (κ2) is 4.31. The molecule has 0 radical (unpaired) electrons. The SMILES string of the molecule is CCN1CCCC1c1ncc2ccc(Cl)cn12. The van der Waals surface area contributed by atoms with Crippen LogP contribution in [0.1, 0.15) is 31.6 Å². The summed E-state index contributed by atoms with van der Waals surface area (Å²) in [6.45, 7) is 4.47. The molecule has 1 aliphatic rings. The molecule has 1 atom stereocenters. The maximum absolute atomic E-state index is 6.06. The monoisotopic (exact) mass is 249 g/mol. The normalized spacial score (nSPS) is 21.4. The van der Waals surface area contributed by atoms with Gasteiger partial charge in [0.05, 0.1) is 22.8 Å². The highest BCUT2D eigenvalue weighted by Gasteiger charge is 2.27. The molecule has 0 aromatic carbocycles. The van der Waals surface area contributed by atoms with Crippen molar-refractivity contribution in [2.45, 2.75) is 25.8 Å². The first-order valence-electron chi connectivity index (χ1n) is 6.16. The number of nitrogens with zero attached hydrogens (tertiary/aromatic N) is 3. The van der Waals surface area contributed by atoms with Crippen LogP contribution in [-0.4, -0.2) is 27.4 Å². The van der Waals surface area contributed by atoms with Gasteiger partial charge in [-0.2, -0.15) is 0 Å². The molecule has 0 aliphatic carbocycles. The van der Waals surface area contributed by atoms with Crippen molar-refractivity contribution in [3.63, 3.8) is 0 Å².